The molecule has 1 aliphatic heterocycles. The van der Waals surface area contributed by atoms with Gasteiger partial charge in [0.25, 0.3) is 0 Å². The Bertz CT molecular complexity index is 355. The number of hydrogen-bond acceptors (Lipinski definition) is 5. The third kappa shape index (κ3) is 4.14. The van der Waals surface area contributed by atoms with Crippen molar-refractivity contribution in [3.8, 4) is 0 Å². The van der Waals surface area contributed by atoms with Gasteiger partial charge in [-0.2, -0.15) is 12.7 Å². The van der Waals surface area contributed by atoms with Gasteiger partial charge in [-0.25, -0.2) is 9.52 Å². The van der Waals surface area contributed by atoms with Crippen LogP contribution in [0.15, 0.2) is 0 Å². The van der Waals surface area contributed by atoms with Gasteiger partial charge in [0.2, 0.25) is 0 Å². The number of carbonyl (C=O) groups is 1. The SMILES string of the molecule is COC(=O)NS(=O)(=O)N1CCCC(CCN)C1. The van der Waals surface area contributed by atoms with Crippen molar-refractivity contribution in [2.24, 2.45) is 11.7 Å². The molecule has 0 aromatic carbocycles. The highest BCUT2D eigenvalue weighted by atomic mass is 32.2. The first-order valence-electron chi connectivity index (χ1n) is 5.55. The summed E-state index contributed by atoms with van der Waals surface area (Å²) in [4.78, 5) is 10.9. The molecule has 1 heterocycles. The molecule has 17 heavy (non-hydrogen) atoms. The van der Waals surface area contributed by atoms with E-state index in [1.54, 1.807) is 0 Å². The Balaban J connectivity index is 2.61. The Labute approximate surface area is 101 Å². The molecular formula is C9H19N3O4S. The number of carbonyl (C=O) groups excluding carboxylic acids is 1. The fourth-order valence-electron chi connectivity index (χ4n) is 1.93. The second-order valence-electron chi connectivity index (χ2n) is 4.04. The van der Waals surface area contributed by atoms with Crippen LogP contribution in [-0.2, 0) is 14.9 Å². The van der Waals surface area contributed by atoms with Gasteiger partial charge in [0, 0.05) is 13.1 Å². The van der Waals surface area contributed by atoms with Crippen LogP contribution < -0.4 is 10.5 Å². The minimum Gasteiger partial charge on any atom is -0.452 e. The molecule has 1 saturated heterocycles. The number of nitrogens with two attached hydrogens (primary N) is 1. The second-order valence-corrected chi connectivity index (χ2v) is 5.71. The Kier molecular flexibility index (Phi) is 5.16. The lowest BCUT2D eigenvalue weighted by molar-refractivity contribution is 0.176. The maximum absolute atomic E-state index is 11.8. The third-order valence-electron chi connectivity index (χ3n) is 2.79. The summed E-state index contributed by atoms with van der Waals surface area (Å²) in [7, 11) is -2.65. The van der Waals surface area contributed by atoms with Gasteiger partial charge in [-0.15, -0.1) is 0 Å². The van der Waals surface area contributed by atoms with Crippen LogP contribution in [0.1, 0.15) is 19.3 Å². The fraction of sp³-hybridized carbons (Fsp3) is 0.889. The van der Waals surface area contributed by atoms with Gasteiger partial charge in [0.15, 0.2) is 0 Å². The topological polar surface area (TPSA) is 102 Å². The van der Waals surface area contributed by atoms with E-state index in [1.807, 2.05) is 4.72 Å². The first-order valence-corrected chi connectivity index (χ1v) is 6.99. The second kappa shape index (κ2) is 6.18. The normalized spacial score (nSPS) is 22.1. The predicted molar refractivity (Wildman–Crippen MR) is 62.4 cm³/mol. The molecule has 0 aromatic heterocycles. The summed E-state index contributed by atoms with van der Waals surface area (Å²) in [5, 5.41) is 0. The highest BCUT2D eigenvalue weighted by Gasteiger charge is 2.29. The standard InChI is InChI=1S/C9H19N3O4S/c1-16-9(13)11-17(14,15)12-6-2-3-8(7-12)4-5-10/h8H,2-7,10H2,1H3,(H,11,13). The van der Waals surface area contributed by atoms with Crippen molar-refractivity contribution in [2.45, 2.75) is 19.3 Å². The van der Waals surface area contributed by atoms with E-state index in [0.29, 0.717) is 19.6 Å². The van der Waals surface area contributed by atoms with E-state index in [4.69, 9.17) is 5.73 Å². The van der Waals surface area contributed by atoms with Crippen molar-refractivity contribution >= 4 is 16.3 Å². The Morgan fingerprint density at radius 1 is 1.59 bits per heavy atom. The molecule has 7 nitrogen and oxygen atoms in total. The summed E-state index contributed by atoms with van der Waals surface area (Å²) in [6.45, 7) is 1.37. The number of hydrogen-bond donors (Lipinski definition) is 2. The number of piperidine rings is 1. The lowest BCUT2D eigenvalue weighted by atomic mass is 9.96. The zero-order valence-corrected chi connectivity index (χ0v) is 10.7. The first kappa shape index (κ1) is 14.2. The van der Waals surface area contributed by atoms with Crippen LogP contribution in [0.2, 0.25) is 0 Å². The Morgan fingerprint density at radius 2 is 2.29 bits per heavy atom. The van der Waals surface area contributed by atoms with Crippen molar-refractivity contribution in [2.75, 3.05) is 26.7 Å². The van der Waals surface area contributed by atoms with E-state index < -0.39 is 16.3 Å². The molecule has 1 unspecified atom stereocenters. The average Bonchev–Trinajstić information content (AvgIpc) is 2.29. The van der Waals surface area contributed by atoms with E-state index in [1.165, 1.54) is 4.31 Å². The highest BCUT2D eigenvalue weighted by Crippen LogP contribution is 2.20. The van der Waals surface area contributed by atoms with Crippen LogP contribution in [0.3, 0.4) is 0 Å². The minimum atomic E-state index is -3.78. The molecule has 0 bridgehead atoms. The van der Waals surface area contributed by atoms with E-state index in [-0.39, 0.29) is 5.92 Å². The molecule has 1 rings (SSSR count). The molecular weight excluding hydrogens is 246 g/mol. The van der Waals surface area contributed by atoms with Crippen LogP contribution in [0.5, 0.6) is 0 Å². The van der Waals surface area contributed by atoms with Gasteiger partial charge in [-0.05, 0) is 31.7 Å². The first-order chi connectivity index (χ1) is 7.99. The lowest BCUT2D eigenvalue weighted by Gasteiger charge is -2.31. The molecule has 0 saturated carbocycles. The highest BCUT2D eigenvalue weighted by molar-refractivity contribution is 7.87. The van der Waals surface area contributed by atoms with Gasteiger partial charge in [-0.3, -0.25) is 0 Å². The molecule has 3 N–H and O–H groups in total. The van der Waals surface area contributed by atoms with Gasteiger partial charge in [-0.1, -0.05) is 0 Å². The summed E-state index contributed by atoms with van der Waals surface area (Å²) in [6, 6.07) is 0. The fourth-order valence-corrected chi connectivity index (χ4v) is 3.13. The summed E-state index contributed by atoms with van der Waals surface area (Å²) in [5.74, 6) is 0.267. The zero-order chi connectivity index (χ0) is 12.9. The van der Waals surface area contributed by atoms with Gasteiger partial charge in [0.05, 0.1) is 7.11 Å². The molecule has 0 radical (unpaired) electrons. The van der Waals surface area contributed by atoms with Crippen LogP contribution in [0.4, 0.5) is 4.79 Å². The largest absolute Gasteiger partial charge is 0.452 e. The van der Waals surface area contributed by atoms with Crippen molar-refractivity contribution in [3.05, 3.63) is 0 Å². The minimum absolute atomic E-state index is 0.267. The molecule has 1 atom stereocenters. The maximum atomic E-state index is 11.8. The van der Waals surface area contributed by atoms with Crippen molar-refractivity contribution in [1.29, 1.82) is 0 Å². The van der Waals surface area contributed by atoms with Crippen LogP contribution in [0, 0.1) is 5.92 Å². The monoisotopic (exact) mass is 265 g/mol. The molecule has 8 heteroatoms. The molecule has 0 aromatic rings. The number of ether oxygens (including phenoxy) is 1. The summed E-state index contributed by atoms with van der Waals surface area (Å²) in [5.41, 5.74) is 5.46. The lowest BCUT2D eigenvalue weighted by Crippen LogP contribution is -2.47. The van der Waals surface area contributed by atoms with Crippen molar-refractivity contribution < 1.29 is 17.9 Å². The van der Waals surface area contributed by atoms with E-state index in [9.17, 15) is 13.2 Å². The average molecular weight is 265 g/mol. The predicted octanol–water partition coefficient (Wildman–Crippen LogP) is -0.352. The van der Waals surface area contributed by atoms with Gasteiger partial charge >= 0.3 is 16.3 Å². The number of amides is 1. The third-order valence-corrected chi connectivity index (χ3v) is 4.23. The molecule has 1 amide bonds. The van der Waals surface area contributed by atoms with Gasteiger partial charge < -0.3 is 10.5 Å². The number of rotatable bonds is 4. The van der Waals surface area contributed by atoms with Crippen molar-refractivity contribution in [1.82, 2.24) is 9.03 Å². The smallest absolute Gasteiger partial charge is 0.421 e. The molecule has 0 spiro atoms. The Morgan fingerprint density at radius 3 is 2.88 bits per heavy atom. The summed E-state index contributed by atoms with van der Waals surface area (Å²) < 4.78 is 31.0. The van der Waals surface area contributed by atoms with Crippen LogP contribution >= 0.6 is 0 Å². The van der Waals surface area contributed by atoms with Crippen LogP contribution in [-0.4, -0.2) is 45.6 Å². The van der Waals surface area contributed by atoms with Crippen molar-refractivity contribution in [3.63, 3.8) is 0 Å². The summed E-state index contributed by atoms with van der Waals surface area (Å²) in [6.07, 6.45) is 1.59. The van der Waals surface area contributed by atoms with Crippen LogP contribution in [0.25, 0.3) is 0 Å². The molecule has 0 aliphatic carbocycles. The maximum Gasteiger partial charge on any atom is 0.421 e. The molecule has 100 valence electrons. The quantitative estimate of drug-likeness (QED) is 0.723. The summed E-state index contributed by atoms with van der Waals surface area (Å²) >= 11 is 0. The number of nitrogens with one attached hydrogen (secondary N) is 1. The van der Waals surface area contributed by atoms with E-state index >= 15 is 0 Å². The van der Waals surface area contributed by atoms with E-state index in [2.05, 4.69) is 4.74 Å². The molecule has 1 aliphatic rings. The van der Waals surface area contributed by atoms with E-state index in [0.717, 1.165) is 26.4 Å². The Hall–Kier alpha value is -0.860. The number of nitrogens with zero attached hydrogens (tertiary/aromatic N) is 1. The van der Waals surface area contributed by atoms with Gasteiger partial charge in [0.1, 0.15) is 0 Å². The number of methoxy groups -OCH3 is 1. The zero-order valence-electron chi connectivity index (χ0n) is 9.89. The molecule has 1 fully saturated rings.